The van der Waals surface area contributed by atoms with Crippen LogP contribution in [0.1, 0.15) is 59.3 Å². The fourth-order valence-electron chi connectivity index (χ4n) is 1.61. The predicted octanol–water partition coefficient (Wildman–Crippen LogP) is 2.20. The Labute approximate surface area is 93.8 Å². The van der Waals surface area contributed by atoms with Crippen molar-refractivity contribution < 1.29 is 4.79 Å². The fourth-order valence-corrected chi connectivity index (χ4v) is 1.61. The number of nitrogens with two attached hydrogens (primary N) is 1. The molecule has 2 unspecified atom stereocenters. The molecule has 3 heteroatoms. The van der Waals surface area contributed by atoms with E-state index in [0.29, 0.717) is 12.5 Å². The summed E-state index contributed by atoms with van der Waals surface area (Å²) in [6.07, 6.45) is 5.66. The van der Waals surface area contributed by atoms with Gasteiger partial charge >= 0.3 is 0 Å². The molecule has 0 saturated heterocycles. The third-order valence-corrected chi connectivity index (χ3v) is 2.56. The van der Waals surface area contributed by atoms with Gasteiger partial charge in [0.25, 0.3) is 0 Å². The Morgan fingerprint density at radius 2 is 2.00 bits per heavy atom. The summed E-state index contributed by atoms with van der Waals surface area (Å²) in [4.78, 5) is 11.5. The molecule has 0 aromatic heterocycles. The summed E-state index contributed by atoms with van der Waals surface area (Å²) in [7, 11) is 0. The van der Waals surface area contributed by atoms with E-state index in [0.717, 1.165) is 32.1 Å². The van der Waals surface area contributed by atoms with Gasteiger partial charge in [-0.05, 0) is 32.6 Å². The Kier molecular flexibility index (Phi) is 8.38. The number of rotatable bonds is 8. The van der Waals surface area contributed by atoms with Gasteiger partial charge in [-0.3, -0.25) is 4.79 Å². The lowest BCUT2D eigenvalue weighted by atomic mass is 10.1. The molecule has 0 aromatic rings. The maximum absolute atomic E-state index is 11.5. The summed E-state index contributed by atoms with van der Waals surface area (Å²) < 4.78 is 0. The number of amides is 1. The van der Waals surface area contributed by atoms with Crippen molar-refractivity contribution >= 4 is 5.91 Å². The van der Waals surface area contributed by atoms with Gasteiger partial charge < -0.3 is 11.1 Å². The molecule has 0 rings (SSSR count). The third-order valence-electron chi connectivity index (χ3n) is 2.56. The number of carbonyl (C=O) groups is 1. The van der Waals surface area contributed by atoms with Gasteiger partial charge in [-0.15, -0.1) is 0 Å². The van der Waals surface area contributed by atoms with E-state index in [1.54, 1.807) is 0 Å². The molecule has 15 heavy (non-hydrogen) atoms. The van der Waals surface area contributed by atoms with Crippen molar-refractivity contribution in [2.45, 2.75) is 71.4 Å². The largest absolute Gasteiger partial charge is 0.353 e. The van der Waals surface area contributed by atoms with Gasteiger partial charge in [0.2, 0.25) is 5.91 Å². The average molecular weight is 214 g/mol. The normalized spacial score (nSPS) is 14.7. The van der Waals surface area contributed by atoms with Crippen molar-refractivity contribution in [1.82, 2.24) is 5.32 Å². The standard InChI is InChI=1S/C12H26N2O/c1-4-7-11(5-2)14-12(15)9-6-8-10(3)13/h10-11H,4-9,13H2,1-3H3,(H,14,15). The Morgan fingerprint density at radius 1 is 1.33 bits per heavy atom. The lowest BCUT2D eigenvalue weighted by Crippen LogP contribution is -2.34. The van der Waals surface area contributed by atoms with Crippen molar-refractivity contribution in [3.8, 4) is 0 Å². The topological polar surface area (TPSA) is 55.1 Å². The molecule has 0 fully saturated rings. The number of hydrogen-bond donors (Lipinski definition) is 2. The van der Waals surface area contributed by atoms with Gasteiger partial charge in [0, 0.05) is 18.5 Å². The van der Waals surface area contributed by atoms with E-state index in [-0.39, 0.29) is 11.9 Å². The summed E-state index contributed by atoms with van der Waals surface area (Å²) in [6.45, 7) is 6.23. The summed E-state index contributed by atoms with van der Waals surface area (Å²) in [5, 5.41) is 3.06. The quantitative estimate of drug-likeness (QED) is 0.651. The van der Waals surface area contributed by atoms with Crippen molar-refractivity contribution in [2.24, 2.45) is 5.73 Å². The Hall–Kier alpha value is -0.570. The second-order valence-electron chi connectivity index (χ2n) is 4.33. The first-order valence-electron chi connectivity index (χ1n) is 6.15. The first kappa shape index (κ1) is 14.4. The average Bonchev–Trinajstić information content (AvgIpc) is 2.16. The first-order chi connectivity index (χ1) is 7.10. The van der Waals surface area contributed by atoms with E-state index in [1.165, 1.54) is 0 Å². The van der Waals surface area contributed by atoms with E-state index in [1.807, 2.05) is 6.92 Å². The number of nitrogens with one attached hydrogen (secondary N) is 1. The van der Waals surface area contributed by atoms with Crippen molar-refractivity contribution in [2.75, 3.05) is 0 Å². The summed E-state index contributed by atoms with van der Waals surface area (Å²) in [6, 6.07) is 0.563. The van der Waals surface area contributed by atoms with E-state index >= 15 is 0 Å². The zero-order valence-electron chi connectivity index (χ0n) is 10.4. The highest BCUT2D eigenvalue weighted by Crippen LogP contribution is 2.03. The molecule has 3 N–H and O–H groups in total. The van der Waals surface area contributed by atoms with Crippen molar-refractivity contribution in [1.29, 1.82) is 0 Å². The summed E-state index contributed by atoms with van der Waals surface area (Å²) >= 11 is 0. The van der Waals surface area contributed by atoms with E-state index < -0.39 is 0 Å². The van der Waals surface area contributed by atoms with Crippen molar-refractivity contribution in [3.05, 3.63) is 0 Å². The number of carbonyl (C=O) groups excluding carboxylic acids is 1. The van der Waals surface area contributed by atoms with Gasteiger partial charge in [-0.1, -0.05) is 20.3 Å². The van der Waals surface area contributed by atoms with Gasteiger partial charge in [-0.25, -0.2) is 0 Å². The molecule has 0 saturated carbocycles. The van der Waals surface area contributed by atoms with Crippen LogP contribution in [-0.4, -0.2) is 18.0 Å². The van der Waals surface area contributed by atoms with Gasteiger partial charge in [0.1, 0.15) is 0 Å². The van der Waals surface area contributed by atoms with Crippen LogP contribution in [0.5, 0.6) is 0 Å². The zero-order chi connectivity index (χ0) is 11.7. The van der Waals surface area contributed by atoms with Crippen LogP contribution in [0.3, 0.4) is 0 Å². The second-order valence-corrected chi connectivity index (χ2v) is 4.33. The van der Waals surface area contributed by atoms with Crippen LogP contribution in [0.2, 0.25) is 0 Å². The highest BCUT2D eigenvalue weighted by molar-refractivity contribution is 5.76. The Balaban J connectivity index is 3.61. The molecule has 0 aromatic carbocycles. The molecule has 0 heterocycles. The molecular weight excluding hydrogens is 188 g/mol. The van der Waals surface area contributed by atoms with E-state index in [9.17, 15) is 4.79 Å². The van der Waals surface area contributed by atoms with Crippen LogP contribution in [0.25, 0.3) is 0 Å². The minimum absolute atomic E-state index is 0.177. The SMILES string of the molecule is CCCC(CC)NC(=O)CCCC(C)N. The maximum atomic E-state index is 11.5. The predicted molar refractivity (Wildman–Crippen MR) is 64.6 cm³/mol. The lowest BCUT2D eigenvalue weighted by Gasteiger charge is -2.16. The van der Waals surface area contributed by atoms with Crippen LogP contribution >= 0.6 is 0 Å². The third kappa shape index (κ3) is 8.43. The maximum Gasteiger partial charge on any atom is 0.220 e. The second kappa shape index (κ2) is 8.72. The minimum Gasteiger partial charge on any atom is -0.353 e. The van der Waals surface area contributed by atoms with Crippen molar-refractivity contribution in [3.63, 3.8) is 0 Å². The highest BCUT2D eigenvalue weighted by atomic mass is 16.1. The lowest BCUT2D eigenvalue weighted by molar-refractivity contribution is -0.122. The van der Waals surface area contributed by atoms with E-state index in [4.69, 9.17) is 5.73 Å². The van der Waals surface area contributed by atoms with Crippen LogP contribution in [0.4, 0.5) is 0 Å². The molecule has 1 amide bonds. The van der Waals surface area contributed by atoms with Gasteiger partial charge in [-0.2, -0.15) is 0 Å². The number of hydrogen-bond acceptors (Lipinski definition) is 2. The fraction of sp³-hybridized carbons (Fsp3) is 0.917. The molecule has 0 aliphatic heterocycles. The van der Waals surface area contributed by atoms with Gasteiger partial charge in [0.05, 0.1) is 0 Å². The van der Waals surface area contributed by atoms with Crippen LogP contribution in [0, 0.1) is 0 Å². The molecule has 0 radical (unpaired) electrons. The molecule has 2 atom stereocenters. The summed E-state index contributed by atoms with van der Waals surface area (Å²) in [5.74, 6) is 0.177. The van der Waals surface area contributed by atoms with Crippen LogP contribution in [-0.2, 0) is 4.79 Å². The minimum atomic E-state index is 0.177. The van der Waals surface area contributed by atoms with E-state index in [2.05, 4.69) is 19.2 Å². The molecule has 0 bridgehead atoms. The Bertz CT molecular complexity index is 169. The van der Waals surface area contributed by atoms with Gasteiger partial charge in [0.15, 0.2) is 0 Å². The molecule has 3 nitrogen and oxygen atoms in total. The monoisotopic (exact) mass is 214 g/mol. The smallest absolute Gasteiger partial charge is 0.220 e. The molecule has 0 aliphatic carbocycles. The highest BCUT2D eigenvalue weighted by Gasteiger charge is 2.08. The molecule has 0 spiro atoms. The zero-order valence-corrected chi connectivity index (χ0v) is 10.4. The first-order valence-corrected chi connectivity index (χ1v) is 6.15. The molecule has 90 valence electrons. The van der Waals surface area contributed by atoms with Crippen LogP contribution in [0.15, 0.2) is 0 Å². The molecule has 0 aliphatic rings. The molecular formula is C12H26N2O. The van der Waals surface area contributed by atoms with Crippen LogP contribution < -0.4 is 11.1 Å². The summed E-state index contributed by atoms with van der Waals surface area (Å²) in [5.41, 5.74) is 5.62. The Morgan fingerprint density at radius 3 is 2.47 bits per heavy atom.